The summed E-state index contributed by atoms with van der Waals surface area (Å²) in [6.07, 6.45) is 0.388. The summed E-state index contributed by atoms with van der Waals surface area (Å²) >= 11 is 1.90. The molecule has 0 saturated heterocycles. The Hall–Kier alpha value is -0.540. The Kier molecular flexibility index (Phi) is 4.61. The van der Waals surface area contributed by atoms with E-state index in [1.165, 1.54) is 0 Å². The first-order valence-corrected chi connectivity index (χ1v) is 7.17. The lowest BCUT2D eigenvalue weighted by Crippen LogP contribution is -2.05. The fourth-order valence-electron chi connectivity index (χ4n) is 1.10. The van der Waals surface area contributed by atoms with Crippen LogP contribution in [0.1, 0.15) is 12.0 Å². The van der Waals surface area contributed by atoms with Gasteiger partial charge in [0.1, 0.15) is 0 Å². The number of hydrogen-bond donors (Lipinski definition) is 0. The molecule has 0 aliphatic rings. The van der Waals surface area contributed by atoms with E-state index < -0.39 is 9.84 Å². The number of sulfone groups is 1. The topological polar surface area (TPSA) is 34.1 Å². The van der Waals surface area contributed by atoms with Crippen LogP contribution in [0.5, 0.6) is 0 Å². The largest absolute Gasteiger partial charge is 0.224 e. The maximum Gasteiger partial charge on any atom is 0.179 e. The summed E-state index contributed by atoms with van der Waals surface area (Å²) < 4.78 is 26.2. The van der Waals surface area contributed by atoms with E-state index in [9.17, 15) is 8.42 Å². The molecular weight excluding hydrogens is 323 g/mol. The number of halogens is 1. The van der Waals surface area contributed by atoms with Crippen LogP contribution in [0.3, 0.4) is 0 Å². The molecule has 0 fully saturated rings. The van der Waals surface area contributed by atoms with Gasteiger partial charge >= 0.3 is 0 Å². The van der Waals surface area contributed by atoms with Gasteiger partial charge in [0.25, 0.3) is 0 Å². The van der Waals surface area contributed by atoms with Crippen molar-refractivity contribution in [1.82, 2.24) is 0 Å². The number of rotatable bonds is 3. The number of aryl methyl sites for hydroxylation is 1. The van der Waals surface area contributed by atoms with Crippen LogP contribution in [0.4, 0.5) is 0 Å². The highest BCUT2D eigenvalue weighted by atomic mass is 127. The van der Waals surface area contributed by atoms with E-state index >= 15 is 0 Å². The van der Waals surface area contributed by atoms with Crippen molar-refractivity contribution < 1.29 is 8.42 Å². The number of benzene rings is 1. The third-order valence-corrected chi connectivity index (χ3v) is 4.06. The molecule has 0 amide bonds. The van der Waals surface area contributed by atoms with Crippen molar-refractivity contribution in [2.75, 3.05) is 5.75 Å². The fourth-order valence-corrected chi connectivity index (χ4v) is 2.52. The molecule has 2 nitrogen and oxygen atoms in total. The Morgan fingerprint density at radius 2 is 1.87 bits per heavy atom. The second-order valence-corrected chi connectivity index (χ2v) is 5.80. The van der Waals surface area contributed by atoms with E-state index in [2.05, 4.69) is 9.85 Å². The summed E-state index contributed by atoms with van der Waals surface area (Å²) in [5.41, 5.74) is 1.06. The maximum atomic E-state index is 11.7. The minimum Gasteiger partial charge on any atom is -0.224 e. The van der Waals surface area contributed by atoms with Crippen molar-refractivity contribution in [1.29, 1.82) is 0 Å². The molecule has 0 aromatic heterocycles. The summed E-state index contributed by atoms with van der Waals surface area (Å²) in [7, 11) is -3.16. The van der Waals surface area contributed by atoms with E-state index in [1.807, 2.05) is 29.5 Å². The van der Waals surface area contributed by atoms with Crippen molar-refractivity contribution in [2.45, 2.75) is 18.2 Å². The zero-order valence-corrected chi connectivity index (χ0v) is 11.3. The van der Waals surface area contributed by atoms with Crippen molar-refractivity contribution in [3.05, 3.63) is 29.8 Å². The normalized spacial score (nSPS) is 10.5. The molecule has 15 heavy (non-hydrogen) atoms. The maximum absolute atomic E-state index is 11.7. The predicted molar refractivity (Wildman–Crippen MR) is 69.6 cm³/mol. The van der Waals surface area contributed by atoms with Gasteiger partial charge in [-0.2, -0.15) is 0 Å². The molecule has 0 heterocycles. The minimum absolute atomic E-state index is 0.0893. The monoisotopic (exact) mass is 334 g/mol. The first-order chi connectivity index (χ1) is 7.06. The molecule has 0 saturated carbocycles. The van der Waals surface area contributed by atoms with Gasteiger partial charge in [-0.3, -0.25) is 0 Å². The van der Waals surface area contributed by atoms with Gasteiger partial charge in [-0.25, -0.2) is 8.42 Å². The van der Waals surface area contributed by atoms with Gasteiger partial charge in [0.05, 0.1) is 10.6 Å². The van der Waals surface area contributed by atoms with Crippen molar-refractivity contribution in [3.63, 3.8) is 0 Å². The molecule has 0 aliphatic carbocycles. The van der Waals surface area contributed by atoms with Crippen molar-refractivity contribution in [3.8, 4) is 9.85 Å². The average Bonchev–Trinajstić information content (AvgIpc) is 2.18. The van der Waals surface area contributed by atoms with Crippen LogP contribution in [0.15, 0.2) is 29.2 Å². The van der Waals surface area contributed by atoms with Gasteiger partial charge in [0, 0.05) is 29.0 Å². The highest BCUT2D eigenvalue weighted by Crippen LogP contribution is 2.12. The molecule has 80 valence electrons. The third kappa shape index (κ3) is 3.84. The van der Waals surface area contributed by atoms with Crippen LogP contribution in [0.25, 0.3) is 0 Å². The van der Waals surface area contributed by atoms with Gasteiger partial charge in [-0.1, -0.05) is 23.6 Å². The lowest BCUT2D eigenvalue weighted by molar-refractivity contribution is 0.596. The summed E-state index contributed by atoms with van der Waals surface area (Å²) in [6, 6.07) is 6.89. The Morgan fingerprint density at radius 3 is 2.40 bits per heavy atom. The van der Waals surface area contributed by atoms with Gasteiger partial charge in [0.15, 0.2) is 9.84 Å². The molecule has 0 unspecified atom stereocenters. The smallest absolute Gasteiger partial charge is 0.179 e. The first kappa shape index (κ1) is 12.5. The highest BCUT2D eigenvalue weighted by Gasteiger charge is 2.12. The molecule has 4 heteroatoms. The van der Waals surface area contributed by atoms with Crippen LogP contribution in [-0.4, -0.2) is 14.2 Å². The lowest BCUT2D eigenvalue weighted by atomic mass is 10.2. The minimum atomic E-state index is -3.16. The fraction of sp³-hybridized carbons (Fsp3) is 0.273. The Labute approximate surface area is 104 Å². The van der Waals surface area contributed by atoms with Crippen molar-refractivity contribution in [2.24, 2.45) is 0 Å². The molecule has 0 aliphatic heterocycles. The Morgan fingerprint density at radius 1 is 1.27 bits per heavy atom. The van der Waals surface area contributed by atoms with Crippen LogP contribution < -0.4 is 0 Å². The first-order valence-electron chi connectivity index (χ1n) is 4.44. The summed E-state index contributed by atoms with van der Waals surface area (Å²) in [5.74, 6) is 2.83. The van der Waals surface area contributed by atoms with Gasteiger partial charge in [0.2, 0.25) is 0 Å². The van der Waals surface area contributed by atoms with E-state index in [0.29, 0.717) is 11.3 Å². The van der Waals surface area contributed by atoms with E-state index in [0.717, 1.165) is 5.56 Å². The van der Waals surface area contributed by atoms with Crippen LogP contribution in [0, 0.1) is 16.8 Å². The molecule has 0 N–H and O–H groups in total. The molecule has 1 aromatic rings. The SMILES string of the molecule is Cc1ccc(S(=O)(=O)CCC#CI)cc1. The Balaban J connectivity index is 2.85. The van der Waals surface area contributed by atoms with E-state index in [4.69, 9.17) is 0 Å². The standard InChI is InChI=1S/C11H11IO2S/c1-10-4-6-11(7-5-10)15(13,14)9-3-2-8-12/h4-7H,3,9H2,1H3. The van der Waals surface area contributed by atoms with Crippen LogP contribution in [-0.2, 0) is 9.84 Å². The quantitative estimate of drug-likeness (QED) is 0.629. The molecule has 1 rings (SSSR count). The van der Waals surface area contributed by atoms with Crippen LogP contribution in [0.2, 0.25) is 0 Å². The lowest BCUT2D eigenvalue weighted by Gasteiger charge is -2.02. The molecule has 0 bridgehead atoms. The molecule has 0 atom stereocenters. The van der Waals surface area contributed by atoms with E-state index in [1.54, 1.807) is 24.3 Å². The second kappa shape index (κ2) is 5.52. The van der Waals surface area contributed by atoms with Gasteiger partial charge < -0.3 is 0 Å². The molecular formula is C11H11IO2S. The zero-order valence-electron chi connectivity index (χ0n) is 8.33. The average molecular weight is 334 g/mol. The summed E-state index contributed by atoms with van der Waals surface area (Å²) in [6.45, 7) is 1.93. The van der Waals surface area contributed by atoms with Gasteiger partial charge in [-0.15, -0.1) is 0 Å². The van der Waals surface area contributed by atoms with Crippen molar-refractivity contribution >= 4 is 32.4 Å². The summed E-state index contributed by atoms with van der Waals surface area (Å²) in [4.78, 5) is 0.378. The third-order valence-electron chi connectivity index (χ3n) is 1.94. The summed E-state index contributed by atoms with van der Waals surface area (Å²) in [5, 5.41) is 0. The molecule has 0 spiro atoms. The molecule has 1 aromatic carbocycles. The number of hydrogen-bond acceptors (Lipinski definition) is 2. The Bertz CT molecular complexity index is 478. The predicted octanol–water partition coefficient (Wildman–Crippen LogP) is 2.55. The van der Waals surface area contributed by atoms with Crippen LogP contribution >= 0.6 is 22.6 Å². The highest BCUT2D eigenvalue weighted by molar-refractivity contribution is 14.1. The molecule has 0 radical (unpaired) electrons. The van der Waals surface area contributed by atoms with Gasteiger partial charge in [-0.05, 0) is 23.0 Å². The van der Waals surface area contributed by atoms with E-state index in [-0.39, 0.29) is 5.75 Å². The second-order valence-electron chi connectivity index (χ2n) is 3.15. The zero-order chi connectivity index (χ0) is 11.3.